The van der Waals surface area contributed by atoms with Crippen molar-refractivity contribution in [3.63, 3.8) is 0 Å². The first kappa shape index (κ1) is 19.8. The molecule has 3 nitrogen and oxygen atoms in total. The highest BCUT2D eigenvalue weighted by molar-refractivity contribution is 5.39. The van der Waals surface area contributed by atoms with Gasteiger partial charge in [0.2, 0.25) is 0 Å². The zero-order chi connectivity index (χ0) is 17.7. The van der Waals surface area contributed by atoms with Crippen LogP contribution in [0.1, 0.15) is 83.1 Å². The molecule has 0 saturated heterocycles. The average Bonchev–Trinajstić information content (AvgIpc) is 2.47. The molecular weight excluding hydrogens is 288 g/mol. The molecule has 3 heteroatoms. The Labute approximate surface area is 141 Å². The van der Waals surface area contributed by atoms with Gasteiger partial charge in [-0.05, 0) is 50.9 Å². The Balaban J connectivity index is 2.73. The predicted octanol–water partition coefficient (Wildman–Crippen LogP) is 5.55. The van der Waals surface area contributed by atoms with Gasteiger partial charge in [0.05, 0.1) is 5.56 Å². The van der Waals surface area contributed by atoms with Gasteiger partial charge in [0, 0.05) is 11.5 Å². The second-order valence-corrected chi connectivity index (χ2v) is 7.68. The summed E-state index contributed by atoms with van der Waals surface area (Å²) in [4.78, 5) is 11.8. The van der Waals surface area contributed by atoms with Crippen LogP contribution in [-0.2, 0) is 0 Å². The van der Waals surface area contributed by atoms with Crippen molar-refractivity contribution < 1.29 is 9.52 Å². The molecule has 4 unspecified atom stereocenters. The van der Waals surface area contributed by atoms with Gasteiger partial charge in [-0.2, -0.15) is 0 Å². The first-order chi connectivity index (χ1) is 10.7. The van der Waals surface area contributed by atoms with E-state index in [1.54, 1.807) is 6.92 Å². The maximum absolute atomic E-state index is 11.8. The van der Waals surface area contributed by atoms with Gasteiger partial charge in [-0.25, -0.2) is 4.79 Å². The van der Waals surface area contributed by atoms with Crippen molar-refractivity contribution in [2.45, 2.75) is 80.1 Å². The van der Waals surface area contributed by atoms with Gasteiger partial charge in [0.1, 0.15) is 11.5 Å². The van der Waals surface area contributed by atoms with Gasteiger partial charge in [-0.3, -0.25) is 0 Å². The van der Waals surface area contributed by atoms with E-state index in [9.17, 15) is 9.90 Å². The molecule has 0 aliphatic heterocycles. The molecule has 0 aliphatic carbocycles. The molecule has 0 aliphatic rings. The van der Waals surface area contributed by atoms with Crippen LogP contribution in [-0.4, -0.2) is 5.11 Å². The minimum Gasteiger partial charge on any atom is -0.507 e. The average molecular weight is 322 g/mol. The van der Waals surface area contributed by atoms with Gasteiger partial charge in [0.15, 0.2) is 0 Å². The normalized spacial score (nSPS) is 16.8. The lowest BCUT2D eigenvalue weighted by Crippen LogP contribution is -2.13. The van der Waals surface area contributed by atoms with Crippen molar-refractivity contribution in [1.29, 1.82) is 0 Å². The second kappa shape index (κ2) is 8.56. The van der Waals surface area contributed by atoms with Crippen LogP contribution in [0, 0.1) is 31.6 Å². The molecule has 4 atom stereocenters. The van der Waals surface area contributed by atoms with Crippen molar-refractivity contribution in [3.05, 3.63) is 27.3 Å². The molecular formula is C20H34O3. The maximum atomic E-state index is 11.8. The lowest BCUT2D eigenvalue weighted by Gasteiger charge is -2.23. The third kappa shape index (κ3) is 5.40. The van der Waals surface area contributed by atoms with Gasteiger partial charge >= 0.3 is 5.63 Å². The van der Waals surface area contributed by atoms with Crippen molar-refractivity contribution in [3.8, 4) is 5.75 Å². The third-order valence-electron chi connectivity index (χ3n) is 5.10. The van der Waals surface area contributed by atoms with Gasteiger partial charge < -0.3 is 9.52 Å². The Morgan fingerprint density at radius 2 is 1.43 bits per heavy atom. The van der Waals surface area contributed by atoms with Crippen molar-refractivity contribution in [2.24, 2.45) is 17.8 Å². The molecule has 0 radical (unpaired) electrons. The lowest BCUT2D eigenvalue weighted by atomic mass is 9.84. The third-order valence-corrected chi connectivity index (χ3v) is 5.10. The molecule has 1 rings (SSSR count). The van der Waals surface area contributed by atoms with E-state index in [4.69, 9.17) is 4.42 Å². The zero-order valence-electron chi connectivity index (χ0n) is 15.9. The topological polar surface area (TPSA) is 50.4 Å². The highest BCUT2D eigenvalue weighted by Gasteiger charge is 2.21. The summed E-state index contributed by atoms with van der Waals surface area (Å²) >= 11 is 0. The molecule has 23 heavy (non-hydrogen) atoms. The lowest BCUT2D eigenvalue weighted by molar-refractivity contribution is 0.306. The molecule has 0 bridgehead atoms. The van der Waals surface area contributed by atoms with E-state index in [-0.39, 0.29) is 11.7 Å². The van der Waals surface area contributed by atoms with Crippen molar-refractivity contribution >= 4 is 0 Å². The van der Waals surface area contributed by atoms with Crippen molar-refractivity contribution in [1.82, 2.24) is 0 Å². The molecule has 132 valence electrons. The quantitative estimate of drug-likeness (QED) is 0.682. The highest BCUT2D eigenvalue weighted by Crippen LogP contribution is 2.33. The summed E-state index contributed by atoms with van der Waals surface area (Å²) in [7, 11) is 0. The monoisotopic (exact) mass is 322 g/mol. The summed E-state index contributed by atoms with van der Waals surface area (Å²) in [6.45, 7) is 14.7. The summed E-state index contributed by atoms with van der Waals surface area (Å²) in [6.07, 6.45) is 4.67. The summed E-state index contributed by atoms with van der Waals surface area (Å²) in [5.41, 5.74) is 0.580. The summed E-state index contributed by atoms with van der Waals surface area (Å²) in [6, 6.07) is 0. The fourth-order valence-corrected chi connectivity index (χ4v) is 3.66. The number of aromatic hydroxyl groups is 1. The molecule has 1 aromatic heterocycles. The van der Waals surface area contributed by atoms with E-state index in [1.807, 2.05) is 6.92 Å². The molecule has 0 saturated carbocycles. The highest BCUT2D eigenvalue weighted by atomic mass is 16.4. The first-order valence-electron chi connectivity index (χ1n) is 9.00. The Bertz CT molecular complexity index is 559. The Morgan fingerprint density at radius 3 is 2.00 bits per heavy atom. The number of rotatable bonds is 8. The van der Waals surface area contributed by atoms with Crippen LogP contribution in [0.25, 0.3) is 0 Å². The van der Waals surface area contributed by atoms with E-state index >= 15 is 0 Å². The van der Waals surface area contributed by atoms with Gasteiger partial charge in [-0.15, -0.1) is 0 Å². The fourth-order valence-electron chi connectivity index (χ4n) is 3.66. The maximum Gasteiger partial charge on any atom is 0.342 e. The van der Waals surface area contributed by atoms with Crippen molar-refractivity contribution in [2.75, 3.05) is 0 Å². The van der Waals surface area contributed by atoms with E-state index in [2.05, 4.69) is 34.6 Å². The molecule has 0 spiro atoms. The molecule has 1 N–H and O–H groups in total. The molecule has 0 amide bonds. The SMILES string of the molecule is CCC(C)CC(C)CC(C)CC(C)c1oc(=O)c(C)c(O)c1C. The standard InChI is InChI=1S/C20H34O3/c1-8-12(2)9-13(3)10-14(4)11-15(5)19-16(6)18(21)17(7)20(22)23-19/h12-15,21H,8-11H2,1-7H3. The smallest absolute Gasteiger partial charge is 0.342 e. The van der Waals surface area contributed by atoms with Crippen LogP contribution in [0.15, 0.2) is 9.21 Å². The summed E-state index contributed by atoms with van der Waals surface area (Å²) in [5, 5.41) is 10.1. The van der Waals surface area contributed by atoms with Crippen LogP contribution in [0.3, 0.4) is 0 Å². The van der Waals surface area contributed by atoms with Gasteiger partial charge in [-0.1, -0.05) is 41.0 Å². The molecule has 1 aromatic rings. The number of hydrogen-bond acceptors (Lipinski definition) is 3. The minimum atomic E-state index is -0.423. The minimum absolute atomic E-state index is 0.0842. The zero-order valence-corrected chi connectivity index (χ0v) is 15.9. The second-order valence-electron chi connectivity index (χ2n) is 7.68. The van der Waals surface area contributed by atoms with E-state index < -0.39 is 5.63 Å². The summed E-state index contributed by atoms with van der Waals surface area (Å²) in [5.74, 6) is 2.92. The fraction of sp³-hybridized carbons (Fsp3) is 0.750. The Hall–Kier alpha value is -1.25. The molecule has 0 aromatic carbocycles. The largest absolute Gasteiger partial charge is 0.507 e. The summed E-state index contributed by atoms with van der Waals surface area (Å²) < 4.78 is 5.45. The van der Waals surface area contributed by atoms with Crippen LogP contribution in [0.5, 0.6) is 5.75 Å². The Morgan fingerprint density at radius 1 is 0.913 bits per heavy atom. The predicted molar refractivity (Wildman–Crippen MR) is 96.2 cm³/mol. The van der Waals surface area contributed by atoms with Crippen LogP contribution in [0.2, 0.25) is 0 Å². The van der Waals surface area contributed by atoms with E-state index in [0.717, 1.165) is 12.3 Å². The molecule has 1 heterocycles. The van der Waals surface area contributed by atoms with Crippen LogP contribution >= 0.6 is 0 Å². The van der Waals surface area contributed by atoms with E-state index in [1.165, 1.54) is 19.3 Å². The first-order valence-corrected chi connectivity index (χ1v) is 9.00. The van der Waals surface area contributed by atoms with Crippen LogP contribution < -0.4 is 5.63 Å². The number of hydrogen-bond donors (Lipinski definition) is 1. The molecule has 0 fully saturated rings. The van der Waals surface area contributed by atoms with E-state index in [0.29, 0.717) is 28.7 Å². The van der Waals surface area contributed by atoms with Crippen LogP contribution in [0.4, 0.5) is 0 Å². The van der Waals surface area contributed by atoms with Gasteiger partial charge in [0.25, 0.3) is 0 Å². The Kier molecular flexibility index (Phi) is 7.37.